The number of carbonyl (C=O) groups excluding carboxylic acids is 1. The van der Waals surface area contributed by atoms with Gasteiger partial charge in [-0.3, -0.25) is 4.79 Å². The first kappa shape index (κ1) is 15.1. The van der Waals surface area contributed by atoms with Crippen LogP contribution in [0, 0.1) is 11.7 Å². The number of ether oxygens (including phenoxy) is 1. The van der Waals surface area contributed by atoms with Crippen molar-refractivity contribution in [3.8, 4) is 0 Å². The van der Waals surface area contributed by atoms with E-state index in [1.165, 1.54) is 19.2 Å². The summed E-state index contributed by atoms with van der Waals surface area (Å²) in [7, 11) is 1.37. The van der Waals surface area contributed by atoms with Crippen LogP contribution >= 0.6 is 15.9 Å². The van der Waals surface area contributed by atoms with E-state index in [0.29, 0.717) is 6.54 Å². The van der Waals surface area contributed by atoms with Crippen molar-refractivity contribution in [1.29, 1.82) is 0 Å². The van der Waals surface area contributed by atoms with Crippen molar-refractivity contribution in [2.75, 3.05) is 7.11 Å². The molecule has 0 aliphatic carbocycles. The van der Waals surface area contributed by atoms with Crippen LogP contribution in [-0.4, -0.2) is 19.1 Å². The minimum Gasteiger partial charge on any atom is -0.469 e. The molecule has 18 heavy (non-hydrogen) atoms. The Morgan fingerprint density at radius 1 is 1.50 bits per heavy atom. The van der Waals surface area contributed by atoms with Crippen LogP contribution in [0.2, 0.25) is 0 Å². The Bertz CT molecular complexity index is 425. The summed E-state index contributed by atoms with van der Waals surface area (Å²) in [6, 6.07) is 4.48. The Balaban J connectivity index is 2.59. The van der Waals surface area contributed by atoms with E-state index in [4.69, 9.17) is 0 Å². The Morgan fingerprint density at radius 2 is 2.17 bits per heavy atom. The van der Waals surface area contributed by atoms with E-state index in [0.717, 1.165) is 10.0 Å². The Labute approximate surface area is 115 Å². The van der Waals surface area contributed by atoms with Crippen molar-refractivity contribution in [1.82, 2.24) is 5.32 Å². The van der Waals surface area contributed by atoms with Gasteiger partial charge in [0.1, 0.15) is 5.82 Å². The molecule has 1 aromatic carbocycles. The van der Waals surface area contributed by atoms with E-state index >= 15 is 0 Å². The summed E-state index contributed by atoms with van der Waals surface area (Å²) in [6.07, 6.45) is 0. The normalized spacial score (nSPS) is 14.1. The molecule has 1 N–H and O–H groups in total. The quantitative estimate of drug-likeness (QED) is 0.849. The fraction of sp³-hybridized carbons (Fsp3) is 0.462. The standard InChI is InChI=1S/C13H17BrFNO2/c1-8(13(17)18-3)9(2)16-7-10-6-11(15)4-5-12(10)14/h4-6,8-9,16H,7H2,1-3H3. The lowest BCUT2D eigenvalue weighted by atomic mass is 10.0. The second-order valence-electron chi connectivity index (χ2n) is 4.22. The second kappa shape index (κ2) is 6.85. The number of halogens is 2. The summed E-state index contributed by atoms with van der Waals surface area (Å²) in [4.78, 5) is 11.4. The third-order valence-electron chi connectivity index (χ3n) is 2.95. The maximum Gasteiger partial charge on any atom is 0.309 e. The molecular weight excluding hydrogens is 301 g/mol. The summed E-state index contributed by atoms with van der Waals surface area (Å²) >= 11 is 3.36. The number of esters is 1. The van der Waals surface area contributed by atoms with Crippen LogP contribution in [0.15, 0.2) is 22.7 Å². The zero-order valence-electron chi connectivity index (χ0n) is 10.7. The van der Waals surface area contributed by atoms with E-state index in [-0.39, 0.29) is 23.7 Å². The topological polar surface area (TPSA) is 38.3 Å². The highest BCUT2D eigenvalue weighted by atomic mass is 79.9. The van der Waals surface area contributed by atoms with E-state index in [1.54, 1.807) is 13.0 Å². The average Bonchev–Trinajstić information content (AvgIpc) is 2.37. The molecule has 5 heteroatoms. The van der Waals surface area contributed by atoms with Crippen LogP contribution in [-0.2, 0) is 16.1 Å². The van der Waals surface area contributed by atoms with Gasteiger partial charge in [0, 0.05) is 17.1 Å². The molecule has 0 spiro atoms. The monoisotopic (exact) mass is 317 g/mol. The lowest BCUT2D eigenvalue weighted by Gasteiger charge is -2.19. The van der Waals surface area contributed by atoms with Crippen molar-refractivity contribution in [3.05, 3.63) is 34.1 Å². The minimum atomic E-state index is -0.274. The zero-order chi connectivity index (χ0) is 13.7. The van der Waals surface area contributed by atoms with Crippen molar-refractivity contribution >= 4 is 21.9 Å². The first-order chi connectivity index (χ1) is 8.45. The van der Waals surface area contributed by atoms with E-state index < -0.39 is 0 Å². The third kappa shape index (κ3) is 4.07. The third-order valence-corrected chi connectivity index (χ3v) is 3.72. The first-order valence-electron chi connectivity index (χ1n) is 5.70. The molecule has 0 fully saturated rings. The van der Waals surface area contributed by atoms with Gasteiger partial charge in [0.25, 0.3) is 0 Å². The lowest BCUT2D eigenvalue weighted by Crippen LogP contribution is -2.36. The number of methoxy groups -OCH3 is 1. The van der Waals surface area contributed by atoms with E-state index in [9.17, 15) is 9.18 Å². The van der Waals surface area contributed by atoms with Gasteiger partial charge in [-0.05, 0) is 30.7 Å². The SMILES string of the molecule is COC(=O)C(C)C(C)NCc1cc(F)ccc1Br. The molecule has 1 aromatic rings. The smallest absolute Gasteiger partial charge is 0.309 e. The molecule has 0 aromatic heterocycles. The van der Waals surface area contributed by atoms with Gasteiger partial charge in [-0.25, -0.2) is 4.39 Å². The highest BCUT2D eigenvalue weighted by Crippen LogP contribution is 2.18. The summed E-state index contributed by atoms with van der Waals surface area (Å²) in [6.45, 7) is 4.18. The number of hydrogen-bond donors (Lipinski definition) is 1. The molecular formula is C13H17BrFNO2. The average molecular weight is 318 g/mol. The summed E-state index contributed by atoms with van der Waals surface area (Å²) in [5.41, 5.74) is 0.818. The molecule has 1 rings (SSSR count). The van der Waals surface area contributed by atoms with Crippen LogP contribution in [0.5, 0.6) is 0 Å². The summed E-state index contributed by atoms with van der Waals surface area (Å²) in [5, 5.41) is 3.18. The van der Waals surface area contributed by atoms with Gasteiger partial charge in [0.05, 0.1) is 13.0 Å². The number of benzene rings is 1. The van der Waals surface area contributed by atoms with Gasteiger partial charge in [-0.15, -0.1) is 0 Å². The predicted octanol–water partition coefficient (Wildman–Crippen LogP) is 2.88. The molecule has 0 saturated heterocycles. The van der Waals surface area contributed by atoms with Crippen molar-refractivity contribution < 1.29 is 13.9 Å². The van der Waals surface area contributed by atoms with Crippen LogP contribution in [0.4, 0.5) is 4.39 Å². The second-order valence-corrected chi connectivity index (χ2v) is 5.07. The molecule has 3 nitrogen and oxygen atoms in total. The minimum absolute atomic E-state index is 0.0485. The van der Waals surface area contributed by atoms with Crippen molar-refractivity contribution in [2.45, 2.75) is 26.4 Å². The summed E-state index contributed by atoms with van der Waals surface area (Å²) < 4.78 is 18.6. The van der Waals surface area contributed by atoms with Gasteiger partial charge < -0.3 is 10.1 Å². The number of carbonyl (C=O) groups is 1. The fourth-order valence-corrected chi connectivity index (χ4v) is 1.90. The zero-order valence-corrected chi connectivity index (χ0v) is 12.3. The molecule has 0 radical (unpaired) electrons. The van der Waals surface area contributed by atoms with Gasteiger partial charge in [-0.2, -0.15) is 0 Å². The van der Waals surface area contributed by atoms with E-state index in [2.05, 4.69) is 26.0 Å². The molecule has 0 bridgehead atoms. The van der Waals surface area contributed by atoms with Crippen molar-refractivity contribution in [3.63, 3.8) is 0 Å². The van der Waals surface area contributed by atoms with Gasteiger partial charge in [-0.1, -0.05) is 22.9 Å². The summed E-state index contributed by atoms with van der Waals surface area (Å²) in [5.74, 6) is -0.778. The number of hydrogen-bond acceptors (Lipinski definition) is 3. The Kier molecular flexibility index (Phi) is 5.75. The predicted molar refractivity (Wildman–Crippen MR) is 71.6 cm³/mol. The first-order valence-corrected chi connectivity index (χ1v) is 6.50. The van der Waals surface area contributed by atoms with Crippen LogP contribution in [0.25, 0.3) is 0 Å². The highest BCUT2D eigenvalue weighted by molar-refractivity contribution is 9.10. The number of nitrogens with one attached hydrogen (secondary N) is 1. The van der Waals surface area contributed by atoms with Gasteiger partial charge in [0.15, 0.2) is 0 Å². The van der Waals surface area contributed by atoms with Crippen LogP contribution < -0.4 is 5.32 Å². The maximum absolute atomic E-state index is 13.1. The van der Waals surface area contributed by atoms with Gasteiger partial charge in [0.2, 0.25) is 0 Å². The maximum atomic E-state index is 13.1. The number of rotatable bonds is 5. The largest absolute Gasteiger partial charge is 0.469 e. The van der Waals surface area contributed by atoms with E-state index in [1.807, 2.05) is 6.92 Å². The van der Waals surface area contributed by atoms with Crippen molar-refractivity contribution in [2.24, 2.45) is 5.92 Å². The lowest BCUT2D eigenvalue weighted by molar-refractivity contribution is -0.145. The van der Waals surface area contributed by atoms with Crippen LogP contribution in [0.1, 0.15) is 19.4 Å². The Hall–Kier alpha value is -0.940. The molecule has 0 aliphatic heterocycles. The Morgan fingerprint density at radius 3 is 2.78 bits per heavy atom. The molecule has 0 amide bonds. The molecule has 0 aliphatic rings. The molecule has 2 unspecified atom stereocenters. The highest BCUT2D eigenvalue weighted by Gasteiger charge is 2.20. The van der Waals surface area contributed by atoms with Crippen LogP contribution in [0.3, 0.4) is 0 Å². The van der Waals surface area contributed by atoms with Gasteiger partial charge >= 0.3 is 5.97 Å². The molecule has 0 saturated carbocycles. The molecule has 0 heterocycles. The molecule has 2 atom stereocenters. The molecule has 100 valence electrons. The fourth-order valence-electron chi connectivity index (χ4n) is 1.52.